The van der Waals surface area contributed by atoms with Crippen LogP contribution >= 0.6 is 31.9 Å². The van der Waals surface area contributed by atoms with E-state index in [1.165, 1.54) is 0 Å². The zero-order valence-corrected chi connectivity index (χ0v) is 18.8. The summed E-state index contributed by atoms with van der Waals surface area (Å²) in [4.78, 5) is 0. The Morgan fingerprint density at radius 2 is 1.18 bits per heavy atom. The van der Waals surface area contributed by atoms with Crippen LogP contribution in [0, 0.1) is 0 Å². The quantitative estimate of drug-likeness (QED) is 0.295. The van der Waals surface area contributed by atoms with Gasteiger partial charge in [0.15, 0.2) is 11.5 Å². The molecule has 0 radical (unpaired) electrons. The molecule has 0 heterocycles. The monoisotopic (exact) mass is 500 g/mol. The number of rotatable bonds is 4. The predicted molar refractivity (Wildman–Crippen MR) is 122 cm³/mol. The molecule has 28 heavy (non-hydrogen) atoms. The highest BCUT2D eigenvalue weighted by atomic mass is 79.9. The van der Waals surface area contributed by atoms with Gasteiger partial charge in [0.2, 0.25) is 0 Å². The molecule has 0 aliphatic carbocycles. The Labute approximate surface area is 180 Å². The van der Waals surface area contributed by atoms with Crippen molar-refractivity contribution in [2.24, 2.45) is 0 Å². The van der Waals surface area contributed by atoms with Gasteiger partial charge < -0.3 is 14.2 Å². The van der Waals surface area contributed by atoms with Crippen molar-refractivity contribution in [3.8, 4) is 28.4 Å². The zero-order valence-electron chi connectivity index (χ0n) is 15.7. The Hall–Kier alpha value is -2.24. The van der Waals surface area contributed by atoms with Gasteiger partial charge in [-0.05, 0) is 57.9 Å². The van der Waals surface area contributed by atoms with E-state index in [0.717, 1.165) is 47.4 Å². The summed E-state index contributed by atoms with van der Waals surface area (Å²) in [5.41, 5.74) is 1.93. The maximum absolute atomic E-state index is 5.83. The van der Waals surface area contributed by atoms with Gasteiger partial charge in [0.05, 0.1) is 21.3 Å². The molecular formula is C23H18Br2O3. The molecule has 0 bridgehead atoms. The first-order valence-electron chi connectivity index (χ1n) is 8.68. The van der Waals surface area contributed by atoms with Crippen molar-refractivity contribution in [1.82, 2.24) is 0 Å². The topological polar surface area (TPSA) is 27.7 Å². The number of halogens is 2. The van der Waals surface area contributed by atoms with E-state index in [9.17, 15) is 0 Å². The molecular weight excluding hydrogens is 484 g/mol. The maximum atomic E-state index is 5.83. The summed E-state index contributed by atoms with van der Waals surface area (Å²) in [6.07, 6.45) is 0. The highest BCUT2D eigenvalue weighted by Crippen LogP contribution is 2.49. The Balaban J connectivity index is 2.23. The first-order valence-corrected chi connectivity index (χ1v) is 10.3. The molecule has 0 fully saturated rings. The molecule has 0 N–H and O–H groups in total. The molecule has 4 rings (SSSR count). The third-order valence-corrected chi connectivity index (χ3v) is 5.84. The summed E-state index contributed by atoms with van der Waals surface area (Å²) < 4.78 is 19.3. The van der Waals surface area contributed by atoms with Crippen molar-refractivity contribution in [2.45, 2.75) is 0 Å². The first kappa shape index (κ1) is 19.1. The van der Waals surface area contributed by atoms with Gasteiger partial charge in [0, 0.05) is 20.1 Å². The Kier molecular flexibility index (Phi) is 5.21. The third kappa shape index (κ3) is 3.12. The van der Waals surface area contributed by atoms with Crippen LogP contribution in [0.5, 0.6) is 17.2 Å². The fourth-order valence-corrected chi connectivity index (χ4v) is 4.40. The SMILES string of the molecule is COc1cc2cc(Br)ccc2c(-c2c(OC)ccc3cc(Br)ccc23)c1OC. The minimum atomic E-state index is 0.680. The number of fused-ring (bicyclic) bond motifs is 2. The van der Waals surface area contributed by atoms with Crippen molar-refractivity contribution >= 4 is 53.4 Å². The van der Waals surface area contributed by atoms with Crippen molar-refractivity contribution < 1.29 is 14.2 Å². The van der Waals surface area contributed by atoms with E-state index in [0.29, 0.717) is 11.5 Å². The van der Waals surface area contributed by atoms with Gasteiger partial charge >= 0.3 is 0 Å². The third-order valence-electron chi connectivity index (χ3n) is 4.86. The average molecular weight is 502 g/mol. The van der Waals surface area contributed by atoms with Gasteiger partial charge in [0.1, 0.15) is 5.75 Å². The smallest absolute Gasteiger partial charge is 0.169 e. The van der Waals surface area contributed by atoms with Crippen LogP contribution in [0.1, 0.15) is 0 Å². The van der Waals surface area contributed by atoms with Gasteiger partial charge in [-0.2, -0.15) is 0 Å². The molecule has 0 unspecified atom stereocenters. The molecule has 5 heteroatoms. The van der Waals surface area contributed by atoms with Crippen molar-refractivity contribution in [3.05, 3.63) is 63.5 Å². The minimum Gasteiger partial charge on any atom is -0.496 e. The highest BCUT2D eigenvalue weighted by molar-refractivity contribution is 9.10. The van der Waals surface area contributed by atoms with Crippen LogP contribution in [0.2, 0.25) is 0 Å². The van der Waals surface area contributed by atoms with E-state index < -0.39 is 0 Å². The van der Waals surface area contributed by atoms with Crippen molar-refractivity contribution in [1.29, 1.82) is 0 Å². The van der Waals surface area contributed by atoms with Gasteiger partial charge in [-0.15, -0.1) is 0 Å². The Morgan fingerprint density at radius 1 is 0.571 bits per heavy atom. The van der Waals surface area contributed by atoms with Gasteiger partial charge in [-0.1, -0.05) is 50.1 Å². The molecule has 4 aromatic rings. The predicted octanol–water partition coefficient (Wildman–Crippen LogP) is 7.21. The van der Waals surface area contributed by atoms with Gasteiger partial charge in [0.25, 0.3) is 0 Å². The second-order valence-corrected chi connectivity index (χ2v) is 8.19. The fraction of sp³-hybridized carbons (Fsp3) is 0.130. The summed E-state index contributed by atoms with van der Waals surface area (Å²) >= 11 is 7.14. The van der Waals surface area contributed by atoms with Crippen LogP contribution in [-0.4, -0.2) is 21.3 Å². The lowest BCUT2D eigenvalue weighted by molar-refractivity contribution is 0.356. The van der Waals surface area contributed by atoms with Crippen LogP contribution < -0.4 is 14.2 Å². The molecule has 0 saturated heterocycles. The lowest BCUT2D eigenvalue weighted by atomic mass is 9.92. The normalized spacial score (nSPS) is 11.0. The molecule has 0 atom stereocenters. The van der Waals surface area contributed by atoms with Gasteiger partial charge in [-0.3, -0.25) is 0 Å². The van der Waals surface area contributed by atoms with E-state index in [-0.39, 0.29) is 0 Å². The second-order valence-electron chi connectivity index (χ2n) is 6.36. The molecule has 0 spiro atoms. The summed E-state index contributed by atoms with van der Waals surface area (Å²) in [6, 6.07) is 18.5. The number of ether oxygens (including phenoxy) is 3. The molecule has 0 aliphatic rings. The molecule has 3 nitrogen and oxygen atoms in total. The van der Waals surface area contributed by atoms with Gasteiger partial charge in [-0.25, -0.2) is 0 Å². The average Bonchev–Trinajstić information content (AvgIpc) is 2.71. The molecule has 4 aromatic carbocycles. The van der Waals surface area contributed by atoms with Crippen LogP contribution in [0.4, 0.5) is 0 Å². The van der Waals surface area contributed by atoms with E-state index in [4.69, 9.17) is 14.2 Å². The maximum Gasteiger partial charge on any atom is 0.169 e. The number of hydrogen-bond donors (Lipinski definition) is 0. The fourth-order valence-electron chi connectivity index (χ4n) is 3.64. The van der Waals surface area contributed by atoms with E-state index in [1.54, 1.807) is 21.3 Å². The molecule has 0 saturated carbocycles. The number of hydrogen-bond acceptors (Lipinski definition) is 3. The highest BCUT2D eigenvalue weighted by Gasteiger charge is 2.22. The molecule has 0 aliphatic heterocycles. The van der Waals surface area contributed by atoms with Crippen LogP contribution in [0.25, 0.3) is 32.7 Å². The van der Waals surface area contributed by atoms with Crippen molar-refractivity contribution in [3.63, 3.8) is 0 Å². The minimum absolute atomic E-state index is 0.680. The summed E-state index contributed by atoms with van der Waals surface area (Å²) in [5, 5.41) is 4.31. The number of benzene rings is 4. The largest absolute Gasteiger partial charge is 0.496 e. The summed E-state index contributed by atoms with van der Waals surface area (Å²) in [7, 11) is 5.01. The van der Waals surface area contributed by atoms with Crippen LogP contribution in [0.3, 0.4) is 0 Å². The molecule has 142 valence electrons. The summed E-state index contributed by atoms with van der Waals surface area (Å²) in [5.74, 6) is 2.15. The molecule has 0 amide bonds. The lowest BCUT2D eigenvalue weighted by Gasteiger charge is -2.20. The van der Waals surface area contributed by atoms with E-state index in [1.807, 2.05) is 24.3 Å². The molecule has 0 aromatic heterocycles. The first-order chi connectivity index (χ1) is 13.6. The van der Waals surface area contributed by atoms with E-state index in [2.05, 4.69) is 62.2 Å². The van der Waals surface area contributed by atoms with E-state index >= 15 is 0 Å². The summed E-state index contributed by atoms with van der Waals surface area (Å²) in [6.45, 7) is 0. The Bertz CT molecular complexity index is 1200. The van der Waals surface area contributed by atoms with Crippen LogP contribution in [0.15, 0.2) is 63.5 Å². The standard InChI is InChI=1S/C23H18Br2O3/c1-26-19-9-4-13-10-15(24)5-7-17(13)21(19)22-18-8-6-16(25)11-14(18)12-20(27-2)23(22)28-3/h4-12H,1-3H3. The lowest BCUT2D eigenvalue weighted by Crippen LogP contribution is -1.97. The van der Waals surface area contributed by atoms with Crippen molar-refractivity contribution in [2.75, 3.05) is 21.3 Å². The number of methoxy groups -OCH3 is 3. The Morgan fingerprint density at radius 3 is 1.79 bits per heavy atom. The zero-order chi connectivity index (χ0) is 19.8. The van der Waals surface area contributed by atoms with Crippen LogP contribution in [-0.2, 0) is 0 Å². The second kappa shape index (κ2) is 7.64.